The first kappa shape index (κ1) is 16.4. The number of hydrogen-bond acceptors (Lipinski definition) is 5. The van der Waals surface area contributed by atoms with Crippen molar-refractivity contribution in [3.05, 3.63) is 69.2 Å². The summed E-state index contributed by atoms with van der Waals surface area (Å²) in [6.45, 7) is 0. The van der Waals surface area contributed by atoms with E-state index in [4.69, 9.17) is 11.6 Å². The zero-order valence-electron chi connectivity index (χ0n) is 13.0. The third-order valence-electron chi connectivity index (χ3n) is 4.02. The van der Waals surface area contributed by atoms with E-state index in [-0.39, 0.29) is 16.4 Å². The van der Waals surface area contributed by atoms with Crippen LogP contribution in [0, 0.1) is 11.3 Å². The molecule has 9 heteroatoms. The molecule has 0 fully saturated rings. The second-order valence-electron chi connectivity index (χ2n) is 5.62. The summed E-state index contributed by atoms with van der Waals surface area (Å²) >= 11 is 5.95. The van der Waals surface area contributed by atoms with Crippen molar-refractivity contribution in [3.8, 4) is 6.07 Å². The van der Waals surface area contributed by atoms with E-state index in [0.29, 0.717) is 21.5 Å². The van der Waals surface area contributed by atoms with Crippen LogP contribution in [0.5, 0.6) is 0 Å². The Balaban J connectivity index is 1.94. The molecule has 2 heterocycles. The number of nitrogens with one attached hydrogen (secondary N) is 1. The van der Waals surface area contributed by atoms with E-state index < -0.39 is 21.5 Å². The van der Waals surface area contributed by atoms with Crippen LogP contribution in [0.1, 0.15) is 17.3 Å². The van der Waals surface area contributed by atoms with Crippen LogP contribution >= 0.6 is 11.6 Å². The molecule has 0 saturated heterocycles. The van der Waals surface area contributed by atoms with E-state index in [9.17, 15) is 18.5 Å². The number of nitrogens with zero attached hydrogens (tertiary/aromatic N) is 3. The number of benzene rings is 2. The Hall–Kier alpha value is -3.02. The second-order valence-corrected chi connectivity index (χ2v) is 7.63. The van der Waals surface area contributed by atoms with Gasteiger partial charge in [0.25, 0.3) is 15.6 Å². The summed E-state index contributed by atoms with van der Waals surface area (Å²) in [6.07, 6.45) is 0. The number of H-pyrrole nitrogens is 1. The highest BCUT2D eigenvalue weighted by molar-refractivity contribution is 7.90. The molecule has 1 unspecified atom stereocenters. The maximum Gasteiger partial charge on any atom is 0.283 e. The molecule has 0 bridgehead atoms. The van der Waals surface area contributed by atoms with Crippen LogP contribution in [0.2, 0.25) is 5.02 Å². The Morgan fingerprint density at radius 1 is 1.19 bits per heavy atom. The van der Waals surface area contributed by atoms with Crippen molar-refractivity contribution < 1.29 is 8.42 Å². The molecule has 0 aliphatic carbocycles. The van der Waals surface area contributed by atoms with Crippen LogP contribution in [-0.2, 0) is 10.0 Å². The highest BCUT2D eigenvalue weighted by Gasteiger charge is 2.34. The van der Waals surface area contributed by atoms with Gasteiger partial charge in [0, 0.05) is 10.6 Å². The minimum Gasteiger partial charge on any atom is -0.309 e. The van der Waals surface area contributed by atoms with Crippen molar-refractivity contribution in [2.24, 2.45) is 4.40 Å². The van der Waals surface area contributed by atoms with Gasteiger partial charge in [0.1, 0.15) is 11.7 Å². The lowest BCUT2D eigenvalue weighted by Gasteiger charge is -2.10. The molecule has 1 N–H and O–H groups in total. The van der Waals surface area contributed by atoms with Crippen molar-refractivity contribution in [2.45, 2.75) is 10.8 Å². The van der Waals surface area contributed by atoms with E-state index in [1.807, 2.05) is 6.07 Å². The minimum atomic E-state index is -3.88. The molecule has 0 amide bonds. The van der Waals surface area contributed by atoms with Gasteiger partial charge in [0.05, 0.1) is 27.6 Å². The fraction of sp³-hybridized carbons (Fsp3) is 0.0588. The van der Waals surface area contributed by atoms with Crippen LogP contribution in [0.4, 0.5) is 0 Å². The Bertz CT molecular complexity index is 1310. The average molecular weight is 385 g/mol. The summed E-state index contributed by atoms with van der Waals surface area (Å²) in [5.41, 5.74) is 0.225. The molecule has 4 rings (SSSR count). The fourth-order valence-electron chi connectivity index (χ4n) is 2.86. The molecule has 3 aromatic rings. The maximum atomic E-state index is 12.3. The van der Waals surface area contributed by atoms with Gasteiger partial charge in [-0.25, -0.2) is 4.98 Å². The summed E-state index contributed by atoms with van der Waals surface area (Å²) in [6, 6.07) is 12.8. The summed E-state index contributed by atoms with van der Waals surface area (Å²) in [4.78, 5) is 19.2. The Morgan fingerprint density at radius 2 is 1.96 bits per heavy atom. The fourth-order valence-corrected chi connectivity index (χ4v) is 4.29. The van der Waals surface area contributed by atoms with Crippen LogP contribution < -0.4 is 5.56 Å². The van der Waals surface area contributed by atoms with Crippen LogP contribution in [0.15, 0.2) is 56.6 Å². The lowest BCUT2D eigenvalue weighted by Crippen LogP contribution is -2.19. The standard InChI is InChI=1S/C17H9ClN4O3S/c18-9-5-6-10-13(7-9)20-16(21-17(10)23)12(8-19)15-11-3-1-2-4-14(11)26(24,25)22-15/h1-7,12H,(H,20,21,23). The first-order valence-electron chi connectivity index (χ1n) is 7.44. The Morgan fingerprint density at radius 3 is 2.73 bits per heavy atom. The minimum absolute atomic E-state index is 0.0120. The number of sulfonamides is 1. The SMILES string of the molecule is N#CC(C1=NS(=O)(=O)c2ccccc21)c1nc2cc(Cl)ccc2c(=O)[nH]1. The topological polar surface area (TPSA) is 116 Å². The highest BCUT2D eigenvalue weighted by atomic mass is 35.5. The maximum absolute atomic E-state index is 12.3. The normalized spacial score (nSPS) is 15.9. The number of halogens is 1. The van der Waals surface area contributed by atoms with Gasteiger partial charge >= 0.3 is 0 Å². The van der Waals surface area contributed by atoms with Crippen LogP contribution in [0.25, 0.3) is 10.9 Å². The van der Waals surface area contributed by atoms with E-state index in [1.165, 1.54) is 18.2 Å². The largest absolute Gasteiger partial charge is 0.309 e. The predicted octanol–water partition coefficient (Wildman–Crippen LogP) is 2.38. The summed E-state index contributed by atoms with van der Waals surface area (Å²) in [5.74, 6) is -1.14. The predicted molar refractivity (Wildman–Crippen MR) is 95.9 cm³/mol. The molecule has 0 saturated carbocycles. The molecule has 2 aromatic carbocycles. The lowest BCUT2D eigenvalue weighted by molar-refractivity contribution is 0.599. The van der Waals surface area contributed by atoms with Crippen molar-refractivity contribution in [1.29, 1.82) is 5.26 Å². The molecular formula is C17H9ClN4O3S. The summed E-state index contributed by atoms with van der Waals surface area (Å²) < 4.78 is 28.2. The van der Waals surface area contributed by atoms with E-state index in [0.717, 1.165) is 0 Å². The number of aromatic nitrogens is 2. The molecule has 1 aromatic heterocycles. The Kier molecular flexibility index (Phi) is 3.64. The van der Waals surface area contributed by atoms with Gasteiger partial charge in [-0.15, -0.1) is 0 Å². The van der Waals surface area contributed by atoms with Gasteiger partial charge in [-0.3, -0.25) is 4.79 Å². The van der Waals surface area contributed by atoms with Crippen LogP contribution in [0.3, 0.4) is 0 Å². The van der Waals surface area contributed by atoms with Gasteiger partial charge in [-0.05, 0) is 24.3 Å². The molecule has 1 atom stereocenters. The quantitative estimate of drug-likeness (QED) is 0.728. The first-order valence-corrected chi connectivity index (χ1v) is 9.26. The second kappa shape index (κ2) is 5.76. The molecule has 128 valence electrons. The van der Waals surface area contributed by atoms with Gasteiger partial charge in [0.15, 0.2) is 0 Å². The van der Waals surface area contributed by atoms with E-state index >= 15 is 0 Å². The first-order chi connectivity index (χ1) is 12.4. The molecular weight excluding hydrogens is 376 g/mol. The number of nitriles is 1. The Labute approximate surface area is 152 Å². The van der Waals surface area contributed by atoms with E-state index in [1.54, 1.807) is 24.3 Å². The van der Waals surface area contributed by atoms with Crippen LogP contribution in [-0.4, -0.2) is 24.1 Å². The van der Waals surface area contributed by atoms with Crippen molar-refractivity contribution in [3.63, 3.8) is 0 Å². The van der Waals surface area contributed by atoms with Crippen molar-refractivity contribution in [2.75, 3.05) is 0 Å². The average Bonchev–Trinajstić information content (AvgIpc) is 2.87. The van der Waals surface area contributed by atoms with Crippen molar-refractivity contribution >= 4 is 38.2 Å². The molecule has 0 spiro atoms. The number of fused-ring (bicyclic) bond motifs is 2. The zero-order valence-corrected chi connectivity index (χ0v) is 14.5. The number of rotatable bonds is 2. The summed E-state index contributed by atoms with van der Waals surface area (Å²) in [7, 11) is -3.88. The van der Waals surface area contributed by atoms with Gasteiger partial charge < -0.3 is 4.98 Å². The molecule has 0 radical (unpaired) electrons. The van der Waals surface area contributed by atoms with Gasteiger partial charge in [0.2, 0.25) is 0 Å². The lowest BCUT2D eigenvalue weighted by atomic mass is 9.97. The zero-order chi connectivity index (χ0) is 18.5. The molecule has 7 nitrogen and oxygen atoms in total. The highest BCUT2D eigenvalue weighted by Crippen LogP contribution is 2.31. The third kappa shape index (κ3) is 2.49. The monoisotopic (exact) mass is 384 g/mol. The smallest absolute Gasteiger partial charge is 0.283 e. The summed E-state index contributed by atoms with van der Waals surface area (Å²) in [5, 5.41) is 10.3. The van der Waals surface area contributed by atoms with Gasteiger partial charge in [-0.2, -0.15) is 18.1 Å². The number of hydrogen-bond donors (Lipinski definition) is 1. The van der Waals surface area contributed by atoms with E-state index in [2.05, 4.69) is 14.4 Å². The third-order valence-corrected chi connectivity index (χ3v) is 5.61. The molecule has 26 heavy (non-hydrogen) atoms. The molecule has 1 aliphatic heterocycles. The van der Waals surface area contributed by atoms with Gasteiger partial charge in [-0.1, -0.05) is 29.8 Å². The number of aromatic amines is 1. The molecule has 1 aliphatic rings. The van der Waals surface area contributed by atoms with Crippen molar-refractivity contribution in [1.82, 2.24) is 9.97 Å².